The Morgan fingerprint density at radius 2 is 2.05 bits per heavy atom. The predicted molar refractivity (Wildman–Crippen MR) is 92.6 cm³/mol. The first-order chi connectivity index (χ1) is 9.85. The van der Waals surface area contributed by atoms with Crippen molar-refractivity contribution in [2.45, 2.75) is 25.3 Å². The van der Waals surface area contributed by atoms with E-state index in [9.17, 15) is 4.79 Å². The van der Waals surface area contributed by atoms with E-state index in [1.54, 1.807) is 6.07 Å². The van der Waals surface area contributed by atoms with Gasteiger partial charge in [-0.1, -0.05) is 24.4 Å². The zero-order chi connectivity index (χ0) is 15.6. The SMILES string of the molecule is Cc1cccc(C(=O)NC2(C(N)=S)CCN(C)CC2)c1Br. The number of benzene rings is 1. The second-order valence-electron chi connectivity index (χ2n) is 5.64. The van der Waals surface area contributed by atoms with Crippen molar-refractivity contribution in [3.63, 3.8) is 0 Å². The minimum absolute atomic E-state index is 0.136. The van der Waals surface area contributed by atoms with Crippen LogP contribution in [-0.2, 0) is 0 Å². The molecule has 0 unspecified atom stereocenters. The lowest BCUT2D eigenvalue weighted by atomic mass is 9.87. The summed E-state index contributed by atoms with van der Waals surface area (Å²) < 4.78 is 0.813. The van der Waals surface area contributed by atoms with Crippen molar-refractivity contribution >= 4 is 39.0 Å². The van der Waals surface area contributed by atoms with Gasteiger partial charge in [0.05, 0.1) is 16.1 Å². The van der Waals surface area contributed by atoms with Gasteiger partial charge in [0.1, 0.15) is 0 Å². The molecule has 0 radical (unpaired) electrons. The summed E-state index contributed by atoms with van der Waals surface area (Å²) in [5.74, 6) is -0.136. The molecule has 6 heteroatoms. The number of likely N-dealkylation sites (tertiary alicyclic amines) is 1. The Morgan fingerprint density at radius 1 is 1.43 bits per heavy atom. The van der Waals surface area contributed by atoms with Crippen LogP contribution in [0.5, 0.6) is 0 Å². The van der Waals surface area contributed by atoms with Crippen molar-refractivity contribution in [1.29, 1.82) is 0 Å². The molecule has 114 valence electrons. The van der Waals surface area contributed by atoms with Gasteiger partial charge in [0.15, 0.2) is 0 Å². The van der Waals surface area contributed by atoms with Gasteiger partial charge in [-0.25, -0.2) is 0 Å². The normalized spacial score (nSPS) is 18.2. The molecule has 2 rings (SSSR count). The van der Waals surface area contributed by atoms with Crippen LogP contribution in [0.15, 0.2) is 22.7 Å². The first kappa shape index (κ1) is 16.4. The molecule has 1 aliphatic rings. The molecular formula is C15H20BrN3OS. The summed E-state index contributed by atoms with van der Waals surface area (Å²) in [5.41, 5.74) is 6.99. The summed E-state index contributed by atoms with van der Waals surface area (Å²) in [6.07, 6.45) is 1.49. The third-order valence-electron chi connectivity index (χ3n) is 4.10. The van der Waals surface area contributed by atoms with E-state index in [0.717, 1.165) is 36.0 Å². The van der Waals surface area contributed by atoms with Gasteiger partial charge in [-0.3, -0.25) is 4.79 Å². The van der Waals surface area contributed by atoms with Gasteiger partial charge in [-0.15, -0.1) is 0 Å². The Labute approximate surface area is 139 Å². The maximum atomic E-state index is 12.6. The molecule has 1 heterocycles. The number of amides is 1. The fourth-order valence-corrected chi connectivity index (χ4v) is 3.24. The zero-order valence-electron chi connectivity index (χ0n) is 12.3. The Kier molecular flexibility index (Phi) is 5.01. The van der Waals surface area contributed by atoms with Crippen molar-refractivity contribution < 1.29 is 4.79 Å². The summed E-state index contributed by atoms with van der Waals surface area (Å²) >= 11 is 8.70. The van der Waals surface area contributed by atoms with E-state index in [1.165, 1.54) is 0 Å². The monoisotopic (exact) mass is 369 g/mol. The molecule has 1 aromatic rings. The van der Waals surface area contributed by atoms with E-state index >= 15 is 0 Å². The minimum Gasteiger partial charge on any atom is -0.391 e. The summed E-state index contributed by atoms with van der Waals surface area (Å²) in [5, 5.41) is 3.07. The predicted octanol–water partition coefficient (Wildman–Crippen LogP) is 2.24. The molecule has 1 aliphatic heterocycles. The number of piperidine rings is 1. The second kappa shape index (κ2) is 6.42. The maximum Gasteiger partial charge on any atom is 0.253 e. The summed E-state index contributed by atoms with van der Waals surface area (Å²) in [6, 6.07) is 5.63. The number of nitrogens with two attached hydrogens (primary N) is 1. The molecular weight excluding hydrogens is 350 g/mol. The standard InChI is InChI=1S/C15H20BrN3OS/c1-10-4-3-5-11(12(10)16)13(20)18-15(14(17)21)6-8-19(2)9-7-15/h3-5H,6-9H2,1-2H3,(H2,17,21)(H,18,20). The van der Waals surface area contributed by atoms with Crippen LogP contribution in [0.4, 0.5) is 0 Å². The Balaban J connectivity index is 2.23. The number of nitrogens with one attached hydrogen (secondary N) is 1. The molecule has 0 spiro atoms. The number of halogens is 1. The van der Waals surface area contributed by atoms with Gasteiger partial charge < -0.3 is 16.0 Å². The van der Waals surface area contributed by atoms with Crippen LogP contribution >= 0.6 is 28.1 Å². The molecule has 0 bridgehead atoms. The van der Waals surface area contributed by atoms with Crippen LogP contribution in [0, 0.1) is 6.92 Å². The van der Waals surface area contributed by atoms with Crippen molar-refractivity contribution in [3.8, 4) is 0 Å². The van der Waals surface area contributed by atoms with Crippen LogP contribution in [0.1, 0.15) is 28.8 Å². The molecule has 0 aromatic heterocycles. The van der Waals surface area contributed by atoms with Crippen LogP contribution < -0.4 is 11.1 Å². The molecule has 1 fully saturated rings. The average Bonchev–Trinajstić information content (AvgIpc) is 2.44. The van der Waals surface area contributed by atoms with Gasteiger partial charge in [0, 0.05) is 17.6 Å². The number of carbonyl (C=O) groups excluding carboxylic acids is 1. The number of nitrogens with zero attached hydrogens (tertiary/aromatic N) is 1. The number of carbonyl (C=O) groups is 1. The van der Waals surface area contributed by atoms with E-state index in [1.807, 2.05) is 19.1 Å². The fraction of sp³-hybridized carbons (Fsp3) is 0.467. The largest absolute Gasteiger partial charge is 0.391 e. The first-order valence-electron chi connectivity index (χ1n) is 6.92. The van der Waals surface area contributed by atoms with E-state index < -0.39 is 5.54 Å². The molecule has 21 heavy (non-hydrogen) atoms. The summed E-state index contributed by atoms with van der Waals surface area (Å²) in [7, 11) is 2.06. The number of hydrogen-bond acceptors (Lipinski definition) is 3. The van der Waals surface area contributed by atoms with Crippen LogP contribution in [-0.4, -0.2) is 41.5 Å². The first-order valence-corrected chi connectivity index (χ1v) is 8.12. The van der Waals surface area contributed by atoms with Gasteiger partial charge in [-0.05, 0) is 54.4 Å². The topological polar surface area (TPSA) is 58.4 Å². The highest BCUT2D eigenvalue weighted by molar-refractivity contribution is 9.10. The lowest BCUT2D eigenvalue weighted by molar-refractivity contribution is 0.0889. The van der Waals surface area contributed by atoms with Crippen LogP contribution in [0.25, 0.3) is 0 Å². The lowest BCUT2D eigenvalue weighted by Crippen LogP contribution is -2.61. The Bertz CT molecular complexity index is 568. The number of hydrogen-bond donors (Lipinski definition) is 2. The van der Waals surface area contributed by atoms with Crippen molar-refractivity contribution in [1.82, 2.24) is 10.2 Å². The van der Waals surface area contributed by atoms with Crippen LogP contribution in [0.3, 0.4) is 0 Å². The number of thiocarbonyl (C=S) groups is 1. The summed E-state index contributed by atoms with van der Waals surface area (Å²) in [6.45, 7) is 3.69. The smallest absolute Gasteiger partial charge is 0.253 e. The molecule has 0 atom stereocenters. The molecule has 1 saturated heterocycles. The molecule has 3 N–H and O–H groups in total. The van der Waals surface area contributed by atoms with E-state index in [2.05, 4.69) is 33.2 Å². The molecule has 0 saturated carbocycles. The van der Waals surface area contributed by atoms with E-state index in [4.69, 9.17) is 18.0 Å². The van der Waals surface area contributed by atoms with Gasteiger partial charge in [0.2, 0.25) is 0 Å². The third-order valence-corrected chi connectivity index (χ3v) is 5.54. The molecule has 1 aromatic carbocycles. The molecule has 4 nitrogen and oxygen atoms in total. The third kappa shape index (κ3) is 3.44. The highest BCUT2D eigenvalue weighted by Gasteiger charge is 2.38. The summed E-state index contributed by atoms with van der Waals surface area (Å²) in [4.78, 5) is 15.2. The van der Waals surface area contributed by atoms with Crippen LogP contribution in [0.2, 0.25) is 0 Å². The number of aryl methyl sites for hydroxylation is 1. The van der Waals surface area contributed by atoms with Crippen molar-refractivity contribution in [2.75, 3.05) is 20.1 Å². The lowest BCUT2D eigenvalue weighted by Gasteiger charge is -2.40. The molecule has 0 aliphatic carbocycles. The Hall–Kier alpha value is -0.980. The Morgan fingerprint density at radius 3 is 2.62 bits per heavy atom. The van der Waals surface area contributed by atoms with Gasteiger partial charge in [0.25, 0.3) is 5.91 Å². The number of rotatable bonds is 3. The fourth-order valence-electron chi connectivity index (χ4n) is 2.54. The second-order valence-corrected chi connectivity index (χ2v) is 6.87. The van der Waals surface area contributed by atoms with Gasteiger partial charge >= 0.3 is 0 Å². The van der Waals surface area contributed by atoms with E-state index in [-0.39, 0.29) is 5.91 Å². The maximum absolute atomic E-state index is 12.6. The zero-order valence-corrected chi connectivity index (χ0v) is 14.7. The average molecular weight is 370 g/mol. The van der Waals surface area contributed by atoms with Crippen molar-refractivity contribution in [3.05, 3.63) is 33.8 Å². The van der Waals surface area contributed by atoms with Gasteiger partial charge in [-0.2, -0.15) is 0 Å². The van der Waals surface area contributed by atoms with Crippen molar-refractivity contribution in [2.24, 2.45) is 5.73 Å². The molecule has 1 amide bonds. The van der Waals surface area contributed by atoms with E-state index in [0.29, 0.717) is 10.6 Å². The highest BCUT2D eigenvalue weighted by atomic mass is 79.9. The highest BCUT2D eigenvalue weighted by Crippen LogP contribution is 2.25. The minimum atomic E-state index is -0.581. The quantitative estimate of drug-likeness (QED) is 0.802.